The summed E-state index contributed by atoms with van der Waals surface area (Å²) in [6.45, 7) is 8.82. The Morgan fingerprint density at radius 3 is 1.89 bits per heavy atom. The third-order valence-electron chi connectivity index (χ3n) is 3.48. The van der Waals surface area contributed by atoms with E-state index in [1.165, 1.54) is 13.8 Å². The van der Waals surface area contributed by atoms with Crippen LogP contribution in [0.15, 0.2) is 0 Å². The number of hydrogen-bond acceptors (Lipinski definition) is 5. The lowest BCUT2D eigenvalue weighted by Gasteiger charge is -2.33. The summed E-state index contributed by atoms with van der Waals surface area (Å²) in [5, 5.41) is 0. The lowest BCUT2D eigenvalue weighted by molar-refractivity contribution is -0.238. The molecule has 108 valence electrons. The first kappa shape index (κ1) is 15.7. The lowest BCUT2D eigenvalue weighted by Crippen LogP contribution is -2.50. The molecule has 0 aromatic heterocycles. The van der Waals surface area contributed by atoms with Gasteiger partial charge >= 0.3 is 11.9 Å². The van der Waals surface area contributed by atoms with Crippen molar-refractivity contribution in [3.63, 3.8) is 0 Å². The van der Waals surface area contributed by atoms with Gasteiger partial charge < -0.3 is 9.47 Å². The molecule has 1 saturated heterocycles. The SMILES string of the molecule is CC.CCC1(C(=O)C2C(=O)OC(C)(C)OC2=O)CC1. The van der Waals surface area contributed by atoms with Gasteiger partial charge in [-0.3, -0.25) is 14.4 Å². The maximum Gasteiger partial charge on any atom is 0.331 e. The molecule has 0 atom stereocenters. The van der Waals surface area contributed by atoms with E-state index in [1.807, 2.05) is 20.8 Å². The van der Waals surface area contributed by atoms with Crippen LogP contribution in [0, 0.1) is 11.3 Å². The summed E-state index contributed by atoms with van der Waals surface area (Å²) in [6.07, 6.45) is 2.12. The number of hydrogen-bond donors (Lipinski definition) is 0. The molecule has 0 bridgehead atoms. The molecular weight excluding hydrogens is 248 g/mol. The molecule has 1 aliphatic carbocycles. The van der Waals surface area contributed by atoms with Gasteiger partial charge in [0.1, 0.15) is 0 Å². The van der Waals surface area contributed by atoms with Crippen molar-refractivity contribution in [2.24, 2.45) is 11.3 Å². The minimum atomic E-state index is -1.38. The number of ketones is 1. The van der Waals surface area contributed by atoms with Gasteiger partial charge in [0.2, 0.25) is 5.92 Å². The Labute approximate surface area is 113 Å². The van der Waals surface area contributed by atoms with Crippen LogP contribution in [0.1, 0.15) is 53.9 Å². The molecule has 2 rings (SSSR count). The van der Waals surface area contributed by atoms with Crippen LogP contribution in [0.2, 0.25) is 0 Å². The first-order chi connectivity index (χ1) is 8.81. The molecule has 5 nitrogen and oxygen atoms in total. The van der Waals surface area contributed by atoms with Gasteiger partial charge in [0, 0.05) is 19.3 Å². The Balaban J connectivity index is 0.000000861. The number of carbonyl (C=O) groups is 3. The van der Waals surface area contributed by atoms with Gasteiger partial charge in [0.15, 0.2) is 5.78 Å². The summed E-state index contributed by atoms with van der Waals surface area (Å²) in [6, 6.07) is 0. The molecule has 0 aromatic rings. The van der Waals surface area contributed by atoms with Gasteiger partial charge in [-0.2, -0.15) is 0 Å². The molecule has 0 aromatic carbocycles. The Morgan fingerprint density at radius 2 is 1.58 bits per heavy atom. The third-order valence-corrected chi connectivity index (χ3v) is 3.48. The zero-order chi connectivity index (χ0) is 14.8. The minimum absolute atomic E-state index is 0.342. The Bertz CT molecular complexity index is 373. The van der Waals surface area contributed by atoms with Crippen molar-refractivity contribution in [2.45, 2.75) is 59.7 Å². The molecule has 5 heteroatoms. The highest BCUT2D eigenvalue weighted by Crippen LogP contribution is 2.51. The van der Waals surface area contributed by atoms with Gasteiger partial charge in [-0.05, 0) is 19.3 Å². The van der Waals surface area contributed by atoms with Crippen molar-refractivity contribution in [1.29, 1.82) is 0 Å². The average Bonchev–Trinajstić information content (AvgIpc) is 3.09. The molecule has 0 N–H and O–H groups in total. The smallest absolute Gasteiger partial charge is 0.331 e. The molecule has 0 radical (unpaired) electrons. The van der Waals surface area contributed by atoms with Crippen molar-refractivity contribution < 1.29 is 23.9 Å². The van der Waals surface area contributed by atoms with E-state index in [-0.39, 0.29) is 5.78 Å². The summed E-state index contributed by atoms with van der Waals surface area (Å²) in [4.78, 5) is 35.6. The van der Waals surface area contributed by atoms with Crippen LogP contribution in [0.3, 0.4) is 0 Å². The third kappa shape index (κ3) is 2.96. The Kier molecular flexibility index (Phi) is 4.38. The Hall–Kier alpha value is -1.39. The largest absolute Gasteiger partial charge is 0.422 e. The molecule has 1 saturated carbocycles. The second-order valence-corrected chi connectivity index (χ2v) is 5.17. The van der Waals surface area contributed by atoms with E-state index >= 15 is 0 Å². The average molecular weight is 270 g/mol. The van der Waals surface area contributed by atoms with Gasteiger partial charge in [0.25, 0.3) is 5.79 Å². The molecule has 0 amide bonds. The number of cyclic esters (lactones) is 2. The van der Waals surface area contributed by atoms with Crippen LogP contribution in [-0.2, 0) is 23.9 Å². The van der Waals surface area contributed by atoms with Gasteiger partial charge in [-0.15, -0.1) is 0 Å². The molecule has 0 spiro atoms. The molecular formula is C14H22O5. The number of ether oxygens (including phenoxy) is 2. The predicted octanol–water partition coefficient (Wildman–Crippen LogP) is 2.22. The zero-order valence-corrected chi connectivity index (χ0v) is 12.2. The monoisotopic (exact) mass is 270 g/mol. The standard InChI is InChI=1S/C12H16O5.C2H6/c1-4-12(5-6-12)8(13)7-9(14)16-11(2,3)17-10(7)15;1-2/h7H,4-6H2,1-3H3;1-2H3. The molecule has 0 unspecified atom stereocenters. The fourth-order valence-corrected chi connectivity index (χ4v) is 2.16. The van der Waals surface area contributed by atoms with Crippen LogP contribution in [-0.4, -0.2) is 23.5 Å². The highest BCUT2D eigenvalue weighted by molar-refractivity contribution is 6.18. The van der Waals surface area contributed by atoms with Crippen LogP contribution in [0.25, 0.3) is 0 Å². The first-order valence-corrected chi connectivity index (χ1v) is 6.81. The predicted molar refractivity (Wildman–Crippen MR) is 68.1 cm³/mol. The van der Waals surface area contributed by atoms with Crippen molar-refractivity contribution in [3.05, 3.63) is 0 Å². The second kappa shape index (κ2) is 5.31. The lowest BCUT2D eigenvalue weighted by atomic mass is 9.87. The van der Waals surface area contributed by atoms with Gasteiger partial charge in [-0.25, -0.2) is 0 Å². The van der Waals surface area contributed by atoms with Crippen molar-refractivity contribution in [2.75, 3.05) is 0 Å². The summed E-state index contributed by atoms with van der Waals surface area (Å²) < 4.78 is 9.88. The van der Waals surface area contributed by atoms with E-state index < -0.39 is 29.1 Å². The molecule has 19 heavy (non-hydrogen) atoms. The minimum Gasteiger partial charge on any atom is -0.422 e. The van der Waals surface area contributed by atoms with Gasteiger partial charge in [-0.1, -0.05) is 20.8 Å². The molecule has 1 heterocycles. The molecule has 1 aliphatic heterocycles. The summed E-state index contributed by atoms with van der Waals surface area (Å²) in [7, 11) is 0. The number of rotatable bonds is 3. The fraction of sp³-hybridized carbons (Fsp3) is 0.786. The number of carbonyl (C=O) groups excluding carboxylic acids is 3. The molecule has 2 fully saturated rings. The van der Waals surface area contributed by atoms with Crippen LogP contribution in [0.5, 0.6) is 0 Å². The summed E-state index contributed by atoms with van der Waals surface area (Å²) in [5.74, 6) is -4.56. The maximum atomic E-state index is 12.1. The second-order valence-electron chi connectivity index (χ2n) is 5.17. The van der Waals surface area contributed by atoms with E-state index in [0.29, 0.717) is 6.42 Å². The quantitative estimate of drug-likeness (QED) is 0.581. The van der Waals surface area contributed by atoms with Crippen LogP contribution in [0.4, 0.5) is 0 Å². The molecule has 2 aliphatic rings. The maximum absolute atomic E-state index is 12.1. The number of esters is 2. The highest BCUT2D eigenvalue weighted by Gasteiger charge is 2.57. The zero-order valence-electron chi connectivity index (χ0n) is 12.2. The van der Waals surface area contributed by atoms with E-state index in [0.717, 1.165) is 12.8 Å². The number of Topliss-reactive ketones (excluding diaryl/α,β-unsaturated/α-hetero) is 1. The van der Waals surface area contributed by atoms with E-state index in [4.69, 9.17) is 9.47 Å². The van der Waals surface area contributed by atoms with E-state index in [1.54, 1.807) is 0 Å². The van der Waals surface area contributed by atoms with E-state index in [2.05, 4.69) is 0 Å². The van der Waals surface area contributed by atoms with Gasteiger partial charge in [0.05, 0.1) is 0 Å². The van der Waals surface area contributed by atoms with E-state index in [9.17, 15) is 14.4 Å². The van der Waals surface area contributed by atoms with Crippen molar-refractivity contribution in [1.82, 2.24) is 0 Å². The van der Waals surface area contributed by atoms with Crippen molar-refractivity contribution >= 4 is 17.7 Å². The van der Waals surface area contributed by atoms with Crippen molar-refractivity contribution in [3.8, 4) is 0 Å². The Morgan fingerprint density at radius 1 is 1.16 bits per heavy atom. The highest BCUT2D eigenvalue weighted by atomic mass is 16.7. The first-order valence-electron chi connectivity index (χ1n) is 6.81. The van der Waals surface area contributed by atoms with Crippen LogP contribution >= 0.6 is 0 Å². The topological polar surface area (TPSA) is 69.7 Å². The van der Waals surface area contributed by atoms with Crippen LogP contribution < -0.4 is 0 Å². The summed E-state index contributed by atoms with van der Waals surface area (Å²) in [5.41, 5.74) is -0.496. The fourth-order valence-electron chi connectivity index (χ4n) is 2.16. The summed E-state index contributed by atoms with van der Waals surface area (Å²) >= 11 is 0. The normalized spacial score (nSPS) is 23.6.